The number of ether oxygens (including phenoxy) is 1. The normalized spacial score (nSPS) is 16.0. The van der Waals surface area contributed by atoms with Gasteiger partial charge < -0.3 is 9.30 Å². The van der Waals surface area contributed by atoms with Gasteiger partial charge in [0, 0.05) is 44.3 Å². The van der Waals surface area contributed by atoms with Crippen LogP contribution < -0.4 is 10.3 Å². The van der Waals surface area contributed by atoms with Crippen LogP contribution in [0.2, 0.25) is 0 Å². The molecular formula is C21H24F2N4O2. The van der Waals surface area contributed by atoms with Crippen LogP contribution in [0.4, 0.5) is 8.78 Å². The topological polar surface area (TPSA) is 52.3 Å². The van der Waals surface area contributed by atoms with Crippen LogP contribution in [0.1, 0.15) is 18.4 Å². The molecule has 29 heavy (non-hydrogen) atoms. The molecule has 4 rings (SSSR count). The lowest BCUT2D eigenvalue weighted by Crippen LogP contribution is -2.38. The number of hydrogen-bond acceptors (Lipinski definition) is 4. The third kappa shape index (κ3) is 4.48. The van der Waals surface area contributed by atoms with Gasteiger partial charge in [0.1, 0.15) is 11.9 Å². The van der Waals surface area contributed by atoms with Gasteiger partial charge in [-0.1, -0.05) is 6.07 Å². The number of hydrogen-bond donors (Lipinski definition) is 0. The fourth-order valence-corrected chi connectivity index (χ4v) is 3.82. The van der Waals surface area contributed by atoms with Crippen molar-refractivity contribution in [3.8, 4) is 5.75 Å². The molecule has 2 aromatic heterocycles. The van der Waals surface area contributed by atoms with E-state index in [0.29, 0.717) is 6.54 Å². The second-order valence-corrected chi connectivity index (χ2v) is 7.47. The first-order valence-corrected chi connectivity index (χ1v) is 9.77. The Morgan fingerprint density at radius 2 is 2.03 bits per heavy atom. The second kappa shape index (κ2) is 8.32. The smallest absolute Gasteiger partial charge is 0.266 e. The first kappa shape index (κ1) is 19.6. The summed E-state index contributed by atoms with van der Waals surface area (Å²) in [4.78, 5) is 14.0. The molecule has 0 amide bonds. The van der Waals surface area contributed by atoms with Crippen molar-refractivity contribution >= 4 is 10.9 Å². The van der Waals surface area contributed by atoms with Gasteiger partial charge >= 0.3 is 0 Å². The highest BCUT2D eigenvalue weighted by atomic mass is 19.3. The molecule has 1 saturated heterocycles. The molecule has 3 aromatic rings. The van der Waals surface area contributed by atoms with Gasteiger partial charge in [0.2, 0.25) is 0 Å². The number of halogens is 2. The predicted octanol–water partition coefficient (Wildman–Crippen LogP) is 3.04. The van der Waals surface area contributed by atoms with E-state index < -0.39 is 6.43 Å². The Morgan fingerprint density at radius 1 is 1.24 bits per heavy atom. The van der Waals surface area contributed by atoms with Crippen LogP contribution >= 0.6 is 0 Å². The van der Waals surface area contributed by atoms with E-state index in [9.17, 15) is 13.6 Å². The van der Waals surface area contributed by atoms with E-state index in [0.717, 1.165) is 48.1 Å². The molecule has 154 valence electrons. The predicted molar refractivity (Wildman–Crippen MR) is 106 cm³/mol. The average molecular weight is 402 g/mol. The highest BCUT2D eigenvalue weighted by Gasteiger charge is 2.22. The minimum atomic E-state index is -2.39. The zero-order valence-corrected chi connectivity index (χ0v) is 16.3. The molecular weight excluding hydrogens is 378 g/mol. The third-order valence-electron chi connectivity index (χ3n) is 5.37. The minimum Gasteiger partial charge on any atom is -0.490 e. The molecule has 1 aromatic carbocycles. The molecule has 6 nitrogen and oxygen atoms in total. The molecule has 0 spiro atoms. The lowest BCUT2D eigenvalue weighted by atomic mass is 10.1. The SMILES string of the molecule is Cn1ncc(CN2CCC(Oc3cccc4c3ccn4CC(F)F)CC2)cc1=O. The van der Waals surface area contributed by atoms with Crippen molar-refractivity contribution in [1.82, 2.24) is 19.2 Å². The van der Waals surface area contributed by atoms with Crippen LogP contribution in [0, 0.1) is 0 Å². The summed E-state index contributed by atoms with van der Waals surface area (Å²) in [6, 6.07) is 9.04. The number of alkyl halides is 2. The van der Waals surface area contributed by atoms with Crippen LogP contribution in [0.25, 0.3) is 10.9 Å². The average Bonchev–Trinajstić information content (AvgIpc) is 3.10. The standard InChI is InChI=1S/C21H24F2N4O2/c1-25-21(28)11-15(12-24-25)13-26-8-5-16(6-9-26)29-19-4-2-3-18-17(19)7-10-27(18)14-20(22)23/h2-4,7,10-12,16,20H,5-6,8-9,13-14H2,1H3. The first-order chi connectivity index (χ1) is 14.0. The fraction of sp³-hybridized carbons (Fsp3) is 0.429. The zero-order chi connectivity index (χ0) is 20.4. The van der Waals surface area contributed by atoms with E-state index >= 15 is 0 Å². The number of nitrogens with zero attached hydrogens (tertiary/aromatic N) is 4. The minimum absolute atomic E-state index is 0.0806. The summed E-state index contributed by atoms with van der Waals surface area (Å²) in [6.45, 7) is 2.11. The molecule has 1 aliphatic heterocycles. The van der Waals surface area contributed by atoms with Crippen molar-refractivity contribution < 1.29 is 13.5 Å². The third-order valence-corrected chi connectivity index (χ3v) is 5.37. The Labute approximate surface area is 167 Å². The van der Waals surface area contributed by atoms with E-state index in [1.165, 1.54) is 4.68 Å². The first-order valence-electron chi connectivity index (χ1n) is 9.77. The molecule has 8 heteroatoms. The van der Waals surface area contributed by atoms with Crippen molar-refractivity contribution in [2.45, 2.75) is 38.5 Å². The molecule has 3 heterocycles. The number of fused-ring (bicyclic) bond motifs is 1. The number of piperidine rings is 1. The van der Waals surface area contributed by atoms with Gasteiger partial charge in [0.05, 0.1) is 18.3 Å². The second-order valence-electron chi connectivity index (χ2n) is 7.47. The number of aromatic nitrogens is 3. The van der Waals surface area contributed by atoms with Crippen molar-refractivity contribution in [1.29, 1.82) is 0 Å². The number of benzene rings is 1. The van der Waals surface area contributed by atoms with Gasteiger partial charge in [-0.2, -0.15) is 5.10 Å². The Hall–Kier alpha value is -2.74. The lowest BCUT2D eigenvalue weighted by Gasteiger charge is -2.32. The number of aryl methyl sites for hydroxylation is 1. The molecule has 0 atom stereocenters. The monoisotopic (exact) mass is 402 g/mol. The molecule has 0 unspecified atom stereocenters. The summed E-state index contributed by atoms with van der Waals surface area (Å²) in [7, 11) is 1.64. The van der Waals surface area contributed by atoms with Crippen LogP contribution in [-0.2, 0) is 20.1 Å². The Balaban J connectivity index is 1.38. The van der Waals surface area contributed by atoms with E-state index in [1.54, 1.807) is 30.1 Å². The maximum atomic E-state index is 12.8. The molecule has 1 fully saturated rings. The van der Waals surface area contributed by atoms with Gasteiger partial charge in [0.15, 0.2) is 0 Å². The summed E-state index contributed by atoms with van der Waals surface area (Å²) in [6.07, 6.45) is 2.84. The maximum absolute atomic E-state index is 12.8. The highest BCUT2D eigenvalue weighted by Crippen LogP contribution is 2.29. The lowest BCUT2D eigenvalue weighted by molar-refractivity contribution is 0.0978. The summed E-state index contributed by atoms with van der Waals surface area (Å²) in [5, 5.41) is 4.93. The maximum Gasteiger partial charge on any atom is 0.266 e. The van der Waals surface area contributed by atoms with Crippen LogP contribution in [0.3, 0.4) is 0 Å². The van der Waals surface area contributed by atoms with Crippen molar-refractivity contribution in [2.24, 2.45) is 7.05 Å². The molecule has 0 radical (unpaired) electrons. The van der Waals surface area contributed by atoms with Crippen LogP contribution in [0.5, 0.6) is 5.75 Å². The Morgan fingerprint density at radius 3 is 2.76 bits per heavy atom. The molecule has 0 bridgehead atoms. The van der Waals surface area contributed by atoms with Crippen LogP contribution in [-0.4, -0.2) is 44.9 Å². The quantitative estimate of drug-likeness (QED) is 0.636. The largest absolute Gasteiger partial charge is 0.490 e. The molecule has 0 N–H and O–H groups in total. The van der Waals surface area contributed by atoms with Crippen molar-refractivity contribution in [2.75, 3.05) is 13.1 Å². The van der Waals surface area contributed by atoms with Gasteiger partial charge in [-0.25, -0.2) is 13.5 Å². The van der Waals surface area contributed by atoms with Gasteiger partial charge in [-0.15, -0.1) is 0 Å². The summed E-state index contributed by atoms with van der Waals surface area (Å²) < 4.78 is 34.6. The molecule has 0 saturated carbocycles. The van der Waals surface area contributed by atoms with E-state index in [2.05, 4.69) is 10.00 Å². The summed E-state index contributed by atoms with van der Waals surface area (Å²) in [5.74, 6) is 0.740. The fourth-order valence-electron chi connectivity index (χ4n) is 3.82. The van der Waals surface area contributed by atoms with Crippen molar-refractivity contribution in [3.05, 3.63) is 58.6 Å². The van der Waals surface area contributed by atoms with E-state index in [-0.39, 0.29) is 18.2 Å². The Bertz CT molecular complexity index is 1040. The van der Waals surface area contributed by atoms with Crippen LogP contribution in [0.15, 0.2) is 47.5 Å². The number of likely N-dealkylation sites (tertiary alicyclic amines) is 1. The summed E-state index contributed by atoms with van der Waals surface area (Å²) in [5.41, 5.74) is 1.57. The van der Waals surface area contributed by atoms with Gasteiger partial charge in [-0.3, -0.25) is 9.69 Å². The van der Waals surface area contributed by atoms with Gasteiger partial charge in [0.25, 0.3) is 12.0 Å². The highest BCUT2D eigenvalue weighted by molar-refractivity contribution is 5.86. The zero-order valence-electron chi connectivity index (χ0n) is 16.3. The Kier molecular flexibility index (Phi) is 5.62. The van der Waals surface area contributed by atoms with Gasteiger partial charge in [-0.05, 0) is 36.6 Å². The molecule has 0 aliphatic carbocycles. The van der Waals surface area contributed by atoms with E-state index in [4.69, 9.17) is 4.74 Å². The number of rotatable bonds is 6. The molecule has 1 aliphatic rings. The van der Waals surface area contributed by atoms with Crippen molar-refractivity contribution in [3.63, 3.8) is 0 Å². The summed E-state index contributed by atoms with van der Waals surface area (Å²) >= 11 is 0. The van der Waals surface area contributed by atoms with E-state index in [1.807, 2.05) is 24.3 Å².